The first-order valence-corrected chi connectivity index (χ1v) is 13.0. The van der Waals surface area contributed by atoms with E-state index in [1.807, 2.05) is 45.0 Å². The maximum atomic E-state index is 13.5. The zero-order valence-electron chi connectivity index (χ0n) is 21.0. The standard InChI is InChI=1S/C27H29NO6S.K/c1-4-32-24-8-6-5-7-21(24)15-23(20-11-14-25-26(16-20)34-17-33-25)27(29)28-35(30,31)22-12-9-19(10-13-22)18(2)3;/h5-14,16,18,23H,4,15,17H2,1-3H3,(H,28,29);. The van der Waals surface area contributed by atoms with Gasteiger partial charge in [-0.05, 0) is 66.3 Å². The molecule has 1 amide bonds. The summed E-state index contributed by atoms with van der Waals surface area (Å²) < 4.78 is 45.0. The zero-order chi connectivity index (χ0) is 25.0. The van der Waals surface area contributed by atoms with Crippen molar-refractivity contribution in [3.63, 3.8) is 0 Å². The van der Waals surface area contributed by atoms with E-state index in [9.17, 15) is 13.2 Å². The van der Waals surface area contributed by atoms with E-state index >= 15 is 0 Å². The van der Waals surface area contributed by atoms with Crippen LogP contribution >= 0.6 is 0 Å². The van der Waals surface area contributed by atoms with Gasteiger partial charge in [0.15, 0.2) is 11.5 Å². The van der Waals surface area contributed by atoms with Crippen LogP contribution in [0.5, 0.6) is 17.2 Å². The molecule has 1 radical (unpaired) electrons. The molecule has 4 rings (SSSR count). The van der Waals surface area contributed by atoms with E-state index < -0.39 is 21.8 Å². The minimum absolute atomic E-state index is 0. The summed E-state index contributed by atoms with van der Waals surface area (Å²) in [6, 6.07) is 19.2. The van der Waals surface area contributed by atoms with Crippen LogP contribution in [0.1, 0.15) is 49.3 Å². The van der Waals surface area contributed by atoms with E-state index in [2.05, 4.69) is 4.72 Å². The molecular formula is C27H29KNO6S. The Morgan fingerprint density at radius 1 is 0.972 bits per heavy atom. The van der Waals surface area contributed by atoms with Crippen LogP contribution in [0.4, 0.5) is 0 Å². The molecule has 0 bridgehead atoms. The summed E-state index contributed by atoms with van der Waals surface area (Å²) in [5.74, 6) is 0.577. The Bertz CT molecular complexity index is 1310. The largest absolute Gasteiger partial charge is 0.494 e. The fourth-order valence-electron chi connectivity index (χ4n) is 3.97. The molecule has 3 aromatic rings. The van der Waals surface area contributed by atoms with E-state index in [4.69, 9.17) is 14.2 Å². The topological polar surface area (TPSA) is 90.9 Å². The molecule has 0 fully saturated rings. The van der Waals surface area contributed by atoms with Crippen LogP contribution in [-0.4, -0.2) is 79.1 Å². The maximum Gasteiger partial charge on any atom is 0.264 e. The molecule has 1 N–H and O–H groups in total. The third-order valence-corrected chi connectivity index (χ3v) is 7.27. The molecule has 9 heteroatoms. The Kier molecular flexibility index (Phi) is 10.0. The van der Waals surface area contributed by atoms with Crippen molar-refractivity contribution < 1.29 is 27.4 Å². The van der Waals surface area contributed by atoms with Crippen molar-refractivity contribution in [2.75, 3.05) is 13.4 Å². The number of amides is 1. The summed E-state index contributed by atoms with van der Waals surface area (Å²) in [6.07, 6.45) is 0.240. The van der Waals surface area contributed by atoms with Gasteiger partial charge in [-0.3, -0.25) is 4.79 Å². The van der Waals surface area contributed by atoms with Gasteiger partial charge in [-0.15, -0.1) is 0 Å². The molecule has 1 atom stereocenters. The van der Waals surface area contributed by atoms with Gasteiger partial charge in [-0.25, -0.2) is 13.1 Å². The van der Waals surface area contributed by atoms with Gasteiger partial charge >= 0.3 is 0 Å². The molecule has 0 saturated carbocycles. The molecular weight excluding hydrogens is 505 g/mol. The number of para-hydroxylation sites is 1. The van der Waals surface area contributed by atoms with Crippen molar-refractivity contribution in [1.29, 1.82) is 0 Å². The first kappa shape index (κ1) is 28.7. The first-order valence-electron chi connectivity index (χ1n) is 11.6. The molecule has 185 valence electrons. The van der Waals surface area contributed by atoms with E-state index in [0.29, 0.717) is 29.4 Å². The number of benzene rings is 3. The Balaban J connectivity index is 0.00000361. The van der Waals surface area contributed by atoms with Crippen LogP contribution in [-0.2, 0) is 21.2 Å². The molecule has 0 spiro atoms. The van der Waals surface area contributed by atoms with Crippen LogP contribution in [0.2, 0.25) is 0 Å². The second-order valence-corrected chi connectivity index (χ2v) is 10.3. The number of nitrogens with one attached hydrogen (secondary N) is 1. The molecule has 1 aliphatic rings. The molecule has 1 aliphatic heterocycles. The molecule has 1 heterocycles. The van der Waals surface area contributed by atoms with Crippen molar-refractivity contribution in [2.24, 2.45) is 0 Å². The monoisotopic (exact) mass is 534 g/mol. The molecule has 36 heavy (non-hydrogen) atoms. The number of hydrogen-bond donors (Lipinski definition) is 1. The number of fused-ring (bicyclic) bond motifs is 1. The SMILES string of the molecule is CCOc1ccccc1CC(C(=O)NS(=O)(=O)c1ccc(C(C)C)cc1)c1ccc2c(c1)OCO2.[K]. The summed E-state index contributed by atoms with van der Waals surface area (Å²) in [6.45, 7) is 6.51. The van der Waals surface area contributed by atoms with Crippen LogP contribution in [0.15, 0.2) is 71.6 Å². The van der Waals surface area contributed by atoms with E-state index in [-0.39, 0.29) is 75.4 Å². The number of rotatable bonds is 9. The minimum Gasteiger partial charge on any atom is -0.494 e. The smallest absolute Gasteiger partial charge is 0.264 e. The number of sulfonamides is 1. The van der Waals surface area contributed by atoms with Gasteiger partial charge in [0.1, 0.15) is 5.75 Å². The average molecular weight is 535 g/mol. The van der Waals surface area contributed by atoms with Crippen molar-refractivity contribution in [1.82, 2.24) is 4.72 Å². The summed E-state index contributed by atoms with van der Waals surface area (Å²) in [7, 11) is -4.07. The van der Waals surface area contributed by atoms with Crippen LogP contribution in [0.3, 0.4) is 0 Å². The van der Waals surface area contributed by atoms with Gasteiger partial charge in [-0.1, -0.05) is 50.2 Å². The number of carbonyl (C=O) groups excluding carboxylic acids is 1. The predicted molar refractivity (Wildman–Crippen MR) is 138 cm³/mol. The Labute approximate surface area is 255 Å². The third kappa shape index (κ3) is 6.70. The number of ether oxygens (including phenoxy) is 3. The summed E-state index contributed by atoms with van der Waals surface area (Å²) >= 11 is 0. The minimum atomic E-state index is -4.07. The van der Waals surface area contributed by atoms with Crippen molar-refractivity contribution in [3.05, 3.63) is 83.4 Å². The third-order valence-electron chi connectivity index (χ3n) is 5.90. The number of hydrogen-bond acceptors (Lipinski definition) is 6. The van der Waals surface area contributed by atoms with Gasteiger partial charge in [0.2, 0.25) is 12.7 Å². The zero-order valence-corrected chi connectivity index (χ0v) is 24.9. The molecule has 0 saturated heterocycles. The van der Waals surface area contributed by atoms with Gasteiger partial charge in [0.05, 0.1) is 17.4 Å². The summed E-state index contributed by atoms with van der Waals surface area (Å²) in [5, 5.41) is 0. The Hall–Kier alpha value is -1.88. The average Bonchev–Trinajstić information content (AvgIpc) is 3.31. The fraction of sp³-hybridized carbons (Fsp3) is 0.296. The van der Waals surface area contributed by atoms with E-state index in [1.54, 1.807) is 30.3 Å². The summed E-state index contributed by atoms with van der Waals surface area (Å²) in [5.41, 5.74) is 2.43. The summed E-state index contributed by atoms with van der Waals surface area (Å²) in [4.78, 5) is 13.5. The maximum absolute atomic E-state index is 13.5. The van der Waals surface area contributed by atoms with Crippen molar-refractivity contribution in [3.8, 4) is 17.2 Å². The van der Waals surface area contributed by atoms with Crippen LogP contribution in [0.25, 0.3) is 0 Å². The fourth-order valence-corrected chi connectivity index (χ4v) is 4.99. The molecule has 1 unspecified atom stereocenters. The normalized spacial score (nSPS) is 13.1. The van der Waals surface area contributed by atoms with E-state index in [1.165, 1.54) is 12.1 Å². The first-order chi connectivity index (χ1) is 16.8. The second-order valence-electron chi connectivity index (χ2n) is 8.60. The van der Waals surface area contributed by atoms with Crippen LogP contribution < -0.4 is 18.9 Å². The number of carbonyl (C=O) groups is 1. The molecule has 7 nitrogen and oxygen atoms in total. The Morgan fingerprint density at radius 2 is 1.64 bits per heavy atom. The van der Waals surface area contributed by atoms with Crippen molar-refractivity contribution in [2.45, 2.75) is 43.9 Å². The Morgan fingerprint density at radius 3 is 2.33 bits per heavy atom. The van der Waals surface area contributed by atoms with Gasteiger partial charge < -0.3 is 14.2 Å². The van der Waals surface area contributed by atoms with Gasteiger partial charge in [0.25, 0.3) is 10.0 Å². The quantitative estimate of drug-likeness (QED) is 0.410. The van der Waals surface area contributed by atoms with E-state index in [0.717, 1.165) is 11.1 Å². The molecule has 0 aliphatic carbocycles. The second kappa shape index (κ2) is 12.6. The van der Waals surface area contributed by atoms with Gasteiger partial charge in [-0.2, -0.15) is 0 Å². The van der Waals surface area contributed by atoms with Crippen molar-refractivity contribution >= 4 is 67.3 Å². The predicted octanol–water partition coefficient (Wildman–Crippen LogP) is 4.39. The molecule has 3 aromatic carbocycles. The molecule has 0 aromatic heterocycles. The van der Waals surface area contributed by atoms with Gasteiger partial charge in [0, 0.05) is 51.4 Å². The van der Waals surface area contributed by atoms with Crippen LogP contribution in [0, 0.1) is 0 Å².